The molecule has 2 nitrogen and oxygen atoms in total. The first-order valence-corrected chi connectivity index (χ1v) is 6.61. The fourth-order valence-corrected chi connectivity index (χ4v) is 2.89. The number of rotatable bonds is 2. The molecule has 1 unspecified atom stereocenters. The van der Waals surface area contributed by atoms with E-state index in [0.717, 1.165) is 17.9 Å². The summed E-state index contributed by atoms with van der Waals surface area (Å²) in [7, 11) is 1.48. The zero-order chi connectivity index (χ0) is 11.4. The van der Waals surface area contributed by atoms with Crippen molar-refractivity contribution in [2.24, 2.45) is 0 Å². The van der Waals surface area contributed by atoms with E-state index in [1.807, 2.05) is 17.8 Å². The summed E-state index contributed by atoms with van der Waals surface area (Å²) in [5, 5.41) is 3.43. The molecule has 1 N–H and O–H groups in total. The highest BCUT2D eigenvalue weighted by atomic mass is 32.2. The Balaban J connectivity index is 2.16. The van der Waals surface area contributed by atoms with Crippen molar-refractivity contribution < 1.29 is 9.13 Å². The van der Waals surface area contributed by atoms with Crippen molar-refractivity contribution in [1.29, 1.82) is 0 Å². The molecule has 1 fully saturated rings. The molecule has 88 valence electrons. The molecule has 16 heavy (non-hydrogen) atoms. The second kappa shape index (κ2) is 5.55. The Morgan fingerprint density at radius 1 is 1.50 bits per heavy atom. The van der Waals surface area contributed by atoms with Crippen LogP contribution in [0.5, 0.6) is 5.75 Å². The Bertz CT molecular complexity index is 351. The van der Waals surface area contributed by atoms with Gasteiger partial charge in [0.05, 0.1) is 7.11 Å². The third-order valence-electron chi connectivity index (χ3n) is 2.72. The highest BCUT2D eigenvalue weighted by molar-refractivity contribution is 7.99. The number of hydrogen-bond donors (Lipinski definition) is 1. The Morgan fingerprint density at radius 2 is 2.38 bits per heavy atom. The summed E-state index contributed by atoms with van der Waals surface area (Å²) in [6.45, 7) is 1.01. The predicted octanol–water partition coefficient (Wildman–Crippen LogP) is 2.60. The van der Waals surface area contributed by atoms with Gasteiger partial charge in [-0.1, -0.05) is 6.07 Å². The van der Waals surface area contributed by atoms with Crippen molar-refractivity contribution in [2.45, 2.75) is 12.5 Å². The summed E-state index contributed by atoms with van der Waals surface area (Å²) in [6.07, 6.45) is 1.18. The Kier molecular flexibility index (Phi) is 4.07. The Labute approximate surface area is 99.6 Å². The van der Waals surface area contributed by atoms with Crippen molar-refractivity contribution in [3.8, 4) is 5.75 Å². The molecule has 0 radical (unpaired) electrons. The van der Waals surface area contributed by atoms with Crippen molar-refractivity contribution in [3.05, 3.63) is 29.6 Å². The fourth-order valence-electron chi connectivity index (χ4n) is 1.82. The fraction of sp³-hybridized carbons (Fsp3) is 0.500. The minimum Gasteiger partial charge on any atom is -0.494 e. The van der Waals surface area contributed by atoms with Crippen molar-refractivity contribution >= 4 is 11.8 Å². The van der Waals surface area contributed by atoms with E-state index in [0.29, 0.717) is 5.75 Å². The molecule has 1 aromatic carbocycles. The monoisotopic (exact) mass is 241 g/mol. The third-order valence-corrected chi connectivity index (χ3v) is 3.87. The van der Waals surface area contributed by atoms with Crippen molar-refractivity contribution in [3.63, 3.8) is 0 Å². The van der Waals surface area contributed by atoms with Gasteiger partial charge in [0.1, 0.15) is 0 Å². The molecular weight excluding hydrogens is 225 g/mol. The molecule has 0 bridgehead atoms. The van der Waals surface area contributed by atoms with Gasteiger partial charge < -0.3 is 10.1 Å². The maximum Gasteiger partial charge on any atom is 0.165 e. The molecule has 0 aromatic heterocycles. The first kappa shape index (κ1) is 11.7. The maximum atomic E-state index is 13.5. The number of halogens is 1. The number of hydrogen-bond acceptors (Lipinski definition) is 3. The molecule has 0 amide bonds. The van der Waals surface area contributed by atoms with Crippen LogP contribution in [-0.2, 0) is 0 Å². The van der Waals surface area contributed by atoms with Crippen LogP contribution in [0.15, 0.2) is 18.2 Å². The van der Waals surface area contributed by atoms with Gasteiger partial charge in [0.25, 0.3) is 0 Å². The molecule has 4 heteroatoms. The molecule has 0 saturated carbocycles. The van der Waals surface area contributed by atoms with E-state index < -0.39 is 0 Å². The van der Waals surface area contributed by atoms with Gasteiger partial charge >= 0.3 is 0 Å². The average molecular weight is 241 g/mol. The first-order valence-electron chi connectivity index (χ1n) is 5.46. The van der Waals surface area contributed by atoms with Gasteiger partial charge in [-0.2, -0.15) is 11.8 Å². The molecule has 2 rings (SSSR count). The summed E-state index contributed by atoms with van der Waals surface area (Å²) in [5.41, 5.74) is 1.01. The van der Waals surface area contributed by atoms with Gasteiger partial charge in [-0.05, 0) is 36.4 Å². The number of thioether (sulfide) groups is 1. The molecular formula is C12H16FNOS. The zero-order valence-corrected chi connectivity index (χ0v) is 10.1. The minimum atomic E-state index is -0.281. The van der Waals surface area contributed by atoms with Crippen molar-refractivity contribution in [1.82, 2.24) is 5.32 Å². The lowest BCUT2D eigenvalue weighted by molar-refractivity contribution is 0.385. The van der Waals surface area contributed by atoms with Crippen LogP contribution < -0.4 is 10.1 Å². The Hall–Kier alpha value is -0.740. The maximum absolute atomic E-state index is 13.5. The van der Waals surface area contributed by atoms with E-state index in [2.05, 4.69) is 5.32 Å². The topological polar surface area (TPSA) is 21.3 Å². The largest absolute Gasteiger partial charge is 0.494 e. The van der Waals surface area contributed by atoms with Crippen LogP contribution in [0.4, 0.5) is 4.39 Å². The minimum absolute atomic E-state index is 0.257. The first-order chi connectivity index (χ1) is 7.81. The second-order valence-electron chi connectivity index (χ2n) is 3.83. The molecule has 1 aromatic rings. The van der Waals surface area contributed by atoms with E-state index >= 15 is 0 Å². The van der Waals surface area contributed by atoms with Gasteiger partial charge in [0.2, 0.25) is 0 Å². The van der Waals surface area contributed by atoms with Crippen LogP contribution >= 0.6 is 11.8 Å². The summed E-state index contributed by atoms with van der Waals surface area (Å²) in [5.74, 6) is 2.22. The van der Waals surface area contributed by atoms with E-state index in [4.69, 9.17) is 4.74 Å². The number of benzene rings is 1. The summed E-state index contributed by atoms with van der Waals surface area (Å²) in [6, 6.07) is 5.46. The van der Waals surface area contributed by atoms with E-state index in [1.165, 1.54) is 19.3 Å². The van der Waals surface area contributed by atoms with Crippen LogP contribution in [0.1, 0.15) is 18.0 Å². The lowest BCUT2D eigenvalue weighted by Crippen LogP contribution is -2.22. The second-order valence-corrected chi connectivity index (χ2v) is 4.98. The SMILES string of the molecule is COc1ccc(C2CSCCCN2)cc1F. The average Bonchev–Trinajstić information content (AvgIpc) is 2.57. The standard InChI is InChI=1S/C12H16FNOS/c1-15-12-4-3-9(7-10(12)13)11-8-16-6-2-5-14-11/h3-4,7,11,14H,2,5-6,8H2,1H3. The van der Waals surface area contributed by atoms with E-state index in [9.17, 15) is 4.39 Å². The third kappa shape index (κ3) is 2.68. The highest BCUT2D eigenvalue weighted by Crippen LogP contribution is 2.25. The Morgan fingerprint density at radius 3 is 3.12 bits per heavy atom. The van der Waals surface area contributed by atoms with Crippen LogP contribution in [0.2, 0.25) is 0 Å². The van der Waals surface area contributed by atoms with E-state index in [1.54, 1.807) is 12.1 Å². The normalized spacial score (nSPS) is 21.5. The van der Waals surface area contributed by atoms with Gasteiger partial charge in [-0.15, -0.1) is 0 Å². The van der Waals surface area contributed by atoms with Crippen molar-refractivity contribution in [2.75, 3.05) is 25.2 Å². The molecule has 1 aliphatic heterocycles. The quantitative estimate of drug-likeness (QED) is 0.860. The van der Waals surface area contributed by atoms with Crippen LogP contribution in [-0.4, -0.2) is 25.2 Å². The van der Waals surface area contributed by atoms with Gasteiger partial charge in [0, 0.05) is 11.8 Å². The molecule has 0 aliphatic carbocycles. The molecule has 1 atom stereocenters. The predicted molar refractivity (Wildman–Crippen MR) is 65.6 cm³/mol. The lowest BCUT2D eigenvalue weighted by atomic mass is 10.1. The van der Waals surface area contributed by atoms with Gasteiger partial charge in [0.15, 0.2) is 11.6 Å². The number of ether oxygens (including phenoxy) is 1. The van der Waals surface area contributed by atoms with Gasteiger partial charge in [-0.3, -0.25) is 0 Å². The van der Waals surface area contributed by atoms with Crippen LogP contribution in [0.25, 0.3) is 0 Å². The molecule has 1 saturated heterocycles. The zero-order valence-electron chi connectivity index (χ0n) is 9.33. The molecule has 0 spiro atoms. The summed E-state index contributed by atoms with van der Waals surface area (Å²) < 4.78 is 18.5. The highest BCUT2D eigenvalue weighted by Gasteiger charge is 2.15. The number of nitrogens with one attached hydrogen (secondary N) is 1. The van der Waals surface area contributed by atoms with Crippen LogP contribution in [0, 0.1) is 5.82 Å². The molecule has 1 heterocycles. The van der Waals surface area contributed by atoms with Crippen LogP contribution in [0.3, 0.4) is 0 Å². The summed E-state index contributed by atoms with van der Waals surface area (Å²) in [4.78, 5) is 0. The smallest absolute Gasteiger partial charge is 0.165 e. The lowest BCUT2D eigenvalue weighted by Gasteiger charge is -2.16. The number of methoxy groups -OCH3 is 1. The summed E-state index contributed by atoms with van der Waals surface area (Å²) >= 11 is 1.92. The van der Waals surface area contributed by atoms with E-state index in [-0.39, 0.29) is 11.9 Å². The molecule has 1 aliphatic rings. The van der Waals surface area contributed by atoms with Gasteiger partial charge in [-0.25, -0.2) is 4.39 Å².